The van der Waals surface area contributed by atoms with Gasteiger partial charge in [0, 0.05) is 6.54 Å². The minimum atomic E-state index is -2.70. The highest BCUT2D eigenvalue weighted by molar-refractivity contribution is 5.85. The van der Waals surface area contributed by atoms with Crippen LogP contribution in [0.5, 0.6) is 0 Å². The number of halogens is 1. The molecule has 4 nitrogen and oxygen atoms in total. The molecule has 0 aromatic heterocycles. The van der Waals surface area contributed by atoms with Gasteiger partial charge in [-0.05, 0) is 6.42 Å². The Morgan fingerprint density at radius 2 is 1.78 bits per heavy atom. The van der Waals surface area contributed by atoms with Gasteiger partial charge >= 0.3 is 6.10 Å². The third-order valence-corrected chi connectivity index (χ3v) is 0.612. The van der Waals surface area contributed by atoms with E-state index in [-0.39, 0.29) is 12.4 Å². The molecule has 0 bridgehead atoms. The van der Waals surface area contributed by atoms with Crippen LogP contribution in [0.3, 0.4) is 0 Å². The molecule has 0 amide bonds. The van der Waals surface area contributed by atoms with E-state index >= 15 is 0 Å². The molecule has 58 valence electrons. The molecule has 0 saturated carbocycles. The van der Waals surface area contributed by atoms with Crippen LogP contribution in [0, 0.1) is 0 Å². The summed E-state index contributed by atoms with van der Waals surface area (Å²) in [5.41, 5.74) is 0. The maximum Gasteiger partial charge on any atom is 0.343 e. The lowest BCUT2D eigenvalue weighted by Gasteiger charge is -2.13. The third kappa shape index (κ3) is 11.6. The highest BCUT2D eigenvalue weighted by Gasteiger charge is 2.14. The van der Waals surface area contributed by atoms with Gasteiger partial charge in [-0.25, -0.2) is 5.32 Å². The molecule has 0 aromatic rings. The topological polar surface area (TPSA) is 72.7 Å². The van der Waals surface area contributed by atoms with E-state index in [9.17, 15) is 0 Å². The monoisotopic (exact) mass is 157 g/mol. The van der Waals surface area contributed by atoms with Crippen molar-refractivity contribution in [3.8, 4) is 0 Å². The molecule has 0 saturated heterocycles. The number of hydrogen-bond acceptors (Lipinski definition) is 4. The van der Waals surface area contributed by atoms with Crippen molar-refractivity contribution in [3.05, 3.63) is 0 Å². The Kier molecular flexibility index (Phi) is 6.54. The summed E-state index contributed by atoms with van der Waals surface area (Å²) >= 11 is 0. The van der Waals surface area contributed by atoms with Crippen molar-refractivity contribution in [2.75, 3.05) is 6.54 Å². The second-order valence-corrected chi connectivity index (χ2v) is 1.56. The fourth-order valence-corrected chi connectivity index (χ4v) is 0.293. The lowest BCUT2D eigenvalue weighted by Crippen LogP contribution is -2.44. The van der Waals surface area contributed by atoms with Crippen LogP contribution >= 0.6 is 12.4 Å². The van der Waals surface area contributed by atoms with Crippen molar-refractivity contribution < 1.29 is 15.3 Å². The van der Waals surface area contributed by atoms with Crippen molar-refractivity contribution >= 4 is 12.4 Å². The SMILES string of the molecule is CCCNC(O)(O)O.Cl. The van der Waals surface area contributed by atoms with E-state index in [1.807, 2.05) is 12.2 Å². The van der Waals surface area contributed by atoms with Crippen LogP contribution in [-0.4, -0.2) is 28.0 Å². The molecule has 5 heteroatoms. The van der Waals surface area contributed by atoms with Gasteiger partial charge in [0.2, 0.25) is 0 Å². The molecule has 9 heavy (non-hydrogen) atoms. The first kappa shape index (κ1) is 11.9. The molecular formula is C4H12ClNO3. The van der Waals surface area contributed by atoms with Crippen molar-refractivity contribution in [1.29, 1.82) is 0 Å². The van der Waals surface area contributed by atoms with Crippen molar-refractivity contribution in [2.24, 2.45) is 0 Å². The average Bonchev–Trinajstić information content (AvgIpc) is 1.59. The van der Waals surface area contributed by atoms with Gasteiger partial charge in [0.05, 0.1) is 0 Å². The summed E-state index contributed by atoms with van der Waals surface area (Å²) in [6.07, 6.45) is -1.96. The molecule has 0 atom stereocenters. The third-order valence-electron chi connectivity index (χ3n) is 0.612. The largest absolute Gasteiger partial charge is 0.343 e. The van der Waals surface area contributed by atoms with E-state index in [0.717, 1.165) is 6.42 Å². The molecule has 4 N–H and O–H groups in total. The summed E-state index contributed by atoms with van der Waals surface area (Å²) in [4.78, 5) is 0. The van der Waals surface area contributed by atoms with E-state index < -0.39 is 6.10 Å². The van der Waals surface area contributed by atoms with Gasteiger partial charge in [0.25, 0.3) is 0 Å². The Balaban J connectivity index is 0. The first-order valence-electron chi connectivity index (χ1n) is 2.48. The molecule has 0 aliphatic carbocycles. The molecular weight excluding hydrogens is 146 g/mol. The number of aliphatic hydroxyl groups is 3. The fourth-order valence-electron chi connectivity index (χ4n) is 0.293. The maximum atomic E-state index is 8.15. The average molecular weight is 158 g/mol. The number of hydrogen-bond donors (Lipinski definition) is 4. The molecule has 0 fully saturated rings. The molecule has 0 aromatic carbocycles. The fraction of sp³-hybridized carbons (Fsp3) is 1.00. The second kappa shape index (κ2) is 4.96. The standard InChI is InChI=1S/C4H11NO3.ClH/c1-2-3-5-4(6,7)8;/h5-8H,2-3H2,1H3;1H. The van der Waals surface area contributed by atoms with Gasteiger partial charge in [-0.2, -0.15) is 0 Å². The normalized spacial score (nSPS) is 10.7. The highest BCUT2D eigenvalue weighted by Crippen LogP contribution is 1.83. The quantitative estimate of drug-likeness (QED) is 0.397. The zero-order valence-electron chi connectivity index (χ0n) is 5.16. The maximum absolute atomic E-state index is 8.15. The Bertz CT molecular complexity index is 63.3. The highest BCUT2D eigenvalue weighted by atomic mass is 35.5. The van der Waals surface area contributed by atoms with Crippen LogP contribution in [0.1, 0.15) is 13.3 Å². The first-order valence-corrected chi connectivity index (χ1v) is 2.48. The number of nitrogens with one attached hydrogen (secondary N) is 1. The van der Waals surface area contributed by atoms with E-state index in [2.05, 4.69) is 0 Å². The van der Waals surface area contributed by atoms with E-state index in [1.165, 1.54) is 0 Å². The van der Waals surface area contributed by atoms with Gasteiger partial charge < -0.3 is 15.3 Å². The van der Waals surface area contributed by atoms with Gasteiger partial charge in [0.15, 0.2) is 0 Å². The summed E-state index contributed by atoms with van der Waals surface area (Å²) in [6.45, 7) is 2.22. The molecule has 0 spiro atoms. The lowest BCUT2D eigenvalue weighted by molar-refractivity contribution is -0.331. The molecule has 0 aliphatic rings. The van der Waals surface area contributed by atoms with Gasteiger partial charge in [-0.3, -0.25) is 0 Å². The summed E-state index contributed by atoms with van der Waals surface area (Å²) in [5, 5.41) is 26.5. The summed E-state index contributed by atoms with van der Waals surface area (Å²) in [5.74, 6) is 0. The Hall–Kier alpha value is 0.130. The Labute approximate surface area is 59.9 Å². The van der Waals surface area contributed by atoms with E-state index in [4.69, 9.17) is 15.3 Å². The van der Waals surface area contributed by atoms with E-state index in [0.29, 0.717) is 6.54 Å². The second-order valence-electron chi connectivity index (χ2n) is 1.56. The van der Waals surface area contributed by atoms with Crippen molar-refractivity contribution in [1.82, 2.24) is 5.32 Å². The van der Waals surface area contributed by atoms with Gasteiger partial charge in [-0.15, -0.1) is 12.4 Å². The molecule has 0 aliphatic heterocycles. The lowest BCUT2D eigenvalue weighted by atomic mass is 10.5. The minimum Gasteiger partial charge on any atom is -0.330 e. The van der Waals surface area contributed by atoms with Crippen LogP contribution < -0.4 is 5.32 Å². The van der Waals surface area contributed by atoms with Gasteiger partial charge in [0.1, 0.15) is 0 Å². The van der Waals surface area contributed by atoms with Crippen molar-refractivity contribution in [2.45, 2.75) is 19.4 Å². The Morgan fingerprint density at radius 3 is 1.89 bits per heavy atom. The molecule has 0 radical (unpaired) electrons. The Morgan fingerprint density at radius 1 is 1.33 bits per heavy atom. The summed E-state index contributed by atoms with van der Waals surface area (Å²) < 4.78 is 0. The van der Waals surface area contributed by atoms with Gasteiger partial charge in [-0.1, -0.05) is 6.92 Å². The summed E-state index contributed by atoms with van der Waals surface area (Å²) in [6, 6.07) is 0. The predicted molar refractivity (Wildman–Crippen MR) is 34.9 cm³/mol. The predicted octanol–water partition coefficient (Wildman–Crippen LogP) is -1.00. The number of rotatable bonds is 3. The van der Waals surface area contributed by atoms with Crippen LogP contribution in [0.4, 0.5) is 0 Å². The van der Waals surface area contributed by atoms with Crippen LogP contribution in [0.2, 0.25) is 0 Å². The molecule has 0 heterocycles. The van der Waals surface area contributed by atoms with E-state index in [1.54, 1.807) is 0 Å². The smallest absolute Gasteiger partial charge is 0.330 e. The first-order chi connectivity index (χ1) is 3.56. The van der Waals surface area contributed by atoms with Crippen molar-refractivity contribution in [3.63, 3.8) is 0 Å². The van der Waals surface area contributed by atoms with Crippen LogP contribution in [-0.2, 0) is 0 Å². The molecule has 0 unspecified atom stereocenters. The minimum absolute atomic E-state index is 0. The summed E-state index contributed by atoms with van der Waals surface area (Å²) in [7, 11) is 0. The van der Waals surface area contributed by atoms with Crippen LogP contribution in [0.25, 0.3) is 0 Å². The molecule has 0 rings (SSSR count). The zero-order chi connectivity index (χ0) is 6.62. The zero-order valence-corrected chi connectivity index (χ0v) is 5.98. The van der Waals surface area contributed by atoms with Crippen LogP contribution in [0.15, 0.2) is 0 Å².